The molecule has 2 N–H and O–H groups in total. The fourth-order valence-electron chi connectivity index (χ4n) is 2.82. The first-order valence-electron chi connectivity index (χ1n) is 8.89. The third-order valence-electron chi connectivity index (χ3n) is 4.30. The van der Waals surface area contributed by atoms with E-state index in [1.165, 1.54) is 16.7 Å². The smallest absolute Gasteiger partial charge is 0.191 e. The van der Waals surface area contributed by atoms with Gasteiger partial charge in [0, 0.05) is 40.0 Å². The predicted molar refractivity (Wildman–Crippen MR) is 114 cm³/mol. The number of ether oxygens (including phenoxy) is 2. The first-order valence-corrected chi connectivity index (χ1v) is 8.89. The third-order valence-corrected chi connectivity index (χ3v) is 4.30. The third kappa shape index (κ3) is 8.37. The maximum absolute atomic E-state index is 5.87. The van der Waals surface area contributed by atoms with Crippen LogP contribution in [0.3, 0.4) is 0 Å². The Morgan fingerprint density at radius 1 is 1.24 bits per heavy atom. The summed E-state index contributed by atoms with van der Waals surface area (Å²) < 4.78 is 11.2. The Bertz CT molecular complexity index is 531. The van der Waals surface area contributed by atoms with Crippen LogP contribution in [0.1, 0.15) is 36.0 Å². The second-order valence-electron chi connectivity index (χ2n) is 6.32. The van der Waals surface area contributed by atoms with E-state index in [-0.39, 0.29) is 24.0 Å². The maximum atomic E-state index is 5.87. The summed E-state index contributed by atoms with van der Waals surface area (Å²) in [6, 6.07) is 6.53. The zero-order valence-corrected chi connectivity index (χ0v) is 18.0. The number of nitrogens with one attached hydrogen (secondary N) is 2. The number of aryl methyl sites for hydroxylation is 2. The zero-order valence-electron chi connectivity index (χ0n) is 15.6. The molecule has 2 rings (SSSR count). The van der Waals surface area contributed by atoms with E-state index in [9.17, 15) is 0 Å². The Kier molecular flexibility index (Phi) is 11.1. The van der Waals surface area contributed by atoms with Crippen molar-refractivity contribution in [1.29, 1.82) is 0 Å². The van der Waals surface area contributed by atoms with Crippen LogP contribution in [0, 0.1) is 13.8 Å². The van der Waals surface area contributed by atoms with Gasteiger partial charge in [-0.15, -0.1) is 24.0 Å². The fourth-order valence-corrected chi connectivity index (χ4v) is 2.82. The monoisotopic (exact) mass is 461 g/mol. The van der Waals surface area contributed by atoms with Gasteiger partial charge in [0.25, 0.3) is 0 Å². The van der Waals surface area contributed by atoms with Crippen LogP contribution >= 0.6 is 24.0 Å². The number of nitrogens with zero attached hydrogens (tertiary/aromatic N) is 1. The van der Waals surface area contributed by atoms with Gasteiger partial charge in [-0.25, -0.2) is 0 Å². The molecule has 1 saturated heterocycles. The van der Waals surface area contributed by atoms with Crippen LogP contribution in [0.2, 0.25) is 0 Å². The first-order chi connectivity index (χ1) is 11.7. The largest absolute Gasteiger partial charge is 0.381 e. The normalized spacial score (nSPS) is 15.6. The summed E-state index contributed by atoms with van der Waals surface area (Å²) in [5.74, 6) is 0.834. The number of aliphatic imine (C=N–C) groups is 1. The molecule has 1 aliphatic heterocycles. The Balaban J connectivity index is 0.00000312. The number of hydrogen-bond acceptors (Lipinski definition) is 3. The van der Waals surface area contributed by atoms with Crippen molar-refractivity contribution in [2.24, 2.45) is 4.99 Å². The Labute approximate surface area is 169 Å². The summed E-state index contributed by atoms with van der Waals surface area (Å²) in [6.45, 7) is 8.35. The molecule has 142 valence electrons. The summed E-state index contributed by atoms with van der Waals surface area (Å²) in [5.41, 5.74) is 3.90. The molecule has 0 bridgehead atoms. The molecule has 0 unspecified atom stereocenters. The van der Waals surface area contributed by atoms with Crippen molar-refractivity contribution in [3.05, 3.63) is 34.9 Å². The number of benzene rings is 1. The van der Waals surface area contributed by atoms with E-state index in [2.05, 4.69) is 47.7 Å². The highest BCUT2D eigenvalue weighted by atomic mass is 127. The molecule has 1 fully saturated rings. The molecule has 0 radical (unpaired) electrons. The molecule has 1 aromatic rings. The van der Waals surface area contributed by atoms with Crippen molar-refractivity contribution < 1.29 is 9.47 Å². The van der Waals surface area contributed by atoms with Crippen LogP contribution in [-0.2, 0) is 16.0 Å². The van der Waals surface area contributed by atoms with Gasteiger partial charge in [0.05, 0.1) is 6.10 Å². The van der Waals surface area contributed by atoms with E-state index in [0.717, 1.165) is 58.1 Å². The summed E-state index contributed by atoms with van der Waals surface area (Å²) in [7, 11) is 1.80. The van der Waals surface area contributed by atoms with Crippen LogP contribution in [0.15, 0.2) is 23.2 Å². The topological polar surface area (TPSA) is 54.9 Å². The molecule has 6 heteroatoms. The van der Waals surface area contributed by atoms with Crippen LogP contribution in [-0.4, -0.2) is 45.5 Å². The van der Waals surface area contributed by atoms with E-state index < -0.39 is 0 Å². The molecule has 25 heavy (non-hydrogen) atoms. The minimum absolute atomic E-state index is 0. The van der Waals surface area contributed by atoms with Gasteiger partial charge in [-0.05, 0) is 44.2 Å². The quantitative estimate of drug-likeness (QED) is 0.284. The number of hydrogen-bond donors (Lipinski definition) is 2. The highest BCUT2D eigenvalue weighted by Gasteiger charge is 2.13. The van der Waals surface area contributed by atoms with Gasteiger partial charge in [-0.1, -0.05) is 23.8 Å². The summed E-state index contributed by atoms with van der Waals surface area (Å²) in [6.07, 6.45) is 3.39. The Morgan fingerprint density at radius 3 is 2.68 bits per heavy atom. The van der Waals surface area contributed by atoms with E-state index in [1.807, 2.05) is 0 Å². The van der Waals surface area contributed by atoms with E-state index in [4.69, 9.17) is 9.47 Å². The van der Waals surface area contributed by atoms with Gasteiger partial charge in [-0.2, -0.15) is 0 Å². The van der Waals surface area contributed by atoms with Crippen molar-refractivity contribution in [1.82, 2.24) is 10.6 Å². The standard InChI is InChI=1S/C19H31N3O2.HI/c1-15-5-6-17(16(2)13-15)14-22-19(20-3)21-9-4-10-24-18-7-11-23-12-8-18;/h5-6,13,18H,4,7-12,14H2,1-3H3,(H2,20,21,22);1H. The van der Waals surface area contributed by atoms with Gasteiger partial charge < -0.3 is 20.1 Å². The molecule has 1 aliphatic rings. The molecule has 0 aliphatic carbocycles. The van der Waals surface area contributed by atoms with Crippen LogP contribution in [0.4, 0.5) is 0 Å². The minimum Gasteiger partial charge on any atom is -0.381 e. The molecule has 5 nitrogen and oxygen atoms in total. The summed E-state index contributed by atoms with van der Waals surface area (Å²) >= 11 is 0. The highest BCUT2D eigenvalue weighted by Crippen LogP contribution is 2.11. The van der Waals surface area contributed by atoms with Gasteiger partial charge in [0.2, 0.25) is 0 Å². The van der Waals surface area contributed by atoms with Crippen LogP contribution in [0.25, 0.3) is 0 Å². The van der Waals surface area contributed by atoms with Crippen molar-refractivity contribution in [2.75, 3.05) is 33.4 Å². The second kappa shape index (κ2) is 12.5. The van der Waals surface area contributed by atoms with Gasteiger partial charge in [0.1, 0.15) is 0 Å². The van der Waals surface area contributed by atoms with Crippen LogP contribution in [0.5, 0.6) is 0 Å². The highest BCUT2D eigenvalue weighted by molar-refractivity contribution is 14.0. The van der Waals surface area contributed by atoms with E-state index in [0.29, 0.717) is 6.10 Å². The Morgan fingerprint density at radius 2 is 2.00 bits per heavy atom. The van der Waals surface area contributed by atoms with Crippen molar-refractivity contribution in [3.8, 4) is 0 Å². The van der Waals surface area contributed by atoms with Crippen molar-refractivity contribution in [2.45, 2.75) is 45.8 Å². The molecular formula is C19H32IN3O2. The molecule has 1 aromatic carbocycles. The lowest BCUT2D eigenvalue weighted by Gasteiger charge is -2.22. The molecule has 0 aromatic heterocycles. The number of guanidine groups is 1. The van der Waals surface area contributed by atoms with Crippen molar-refractivity contribution >= 4 is 29.9 Å². The lowest BCUT2D eigenvalue weighted by atomic mass is 10.1. The average molecular weight is 461 g/mol. The predicted octanol–water partition coefficient (Wildman–Crippen LogP) is 3.17. The lowest BCUT2D eigenvalue weighted by Crippen LogP contribution is -2.37. The number of halogens is 1. The summed E-state index contributed by atoms with van der Waals surface area (Å²) in [4.78, 5) is 4.27. The molecule has 0 atom stereocenters. The molecule has 1 heterocycles. The SMILES string of the molecule is CN=C(NCCCOC1CCOCC1)NCc1ccc(C)cc1C.I. The van der Waals surface area contributed by atoms with E-state index in [1.54, 1.807) is 7.05 Å². The first kappa shape index (κ1) is 22.2. The van der Waals surface area contributed by atoms with Gasteiger partial charge in [0.15, 0.2) is 5.96 Å². The van der Waals surface area contributed by atoms with Gasteiger partial charge >= 0.3 is 0 Å². The second-order valence-corrected chi connectivity index (χ2v) is 6.32. The lowest BCUT2D eigenvalue weighted by molar-refractivity contribution is -0.0320. The molecule has 0 amide bonds. The molecule has 0 spiro atoms. The van der Waals surface area contributed by atoms with E-state index >= 15 is 0 Å². The van der Waals surface area contributed by atoms with Crippen LogP contribution < -0.4 is 10.6 Å². The van der Waals surface area contributed by atoms with Gasteiger partial charge in [-0.3, -0.25) is 4.99 Å². The minimum atomic E-state index is 0. The molecule has 0 saturated carbocycles. The molecular weight excluding hydrogens is 429 g/mol. The average Bonchev–Trinajstić information content (AvgIpc) is 2.59. The zero-order chi connectivity index (χ0) is 17.2. The fraction of sp³-hybridized carbons (Fsp3) is 0.632. The maximum Gasteiger partial charge on any atom is 0.191 e. The van der Waals surface area contributed by atoms with Crippen molar-refractivity contribution in [3.63, 3.8) is 0 Å². The Hall–Kier alpha value is -0.860. The number of rotatable bonds is 7. The summed E-state index contributed by atoms with van der Waals surface area (Å²) in [5, 5.41) is 6.71.